The molecule has 1 N–H and O–H groups in total. The van der Waals surface area contributed by atoms with Gasteiger partial charge in [0.1, 0.15) is 5.82 Å². The molecule has 4 heteroatoms. The zero-order valence-corrected chi connectivity index (χ0v) is 12.5. The first-order valence-corrected chi connectivity index (χ1v) is 7.36. The first kappa shape index (κ1) is 13.8. The molecule has 1 aliphatic rings. The van der Waals surface area contributed by atoms with Crippen molar-refractivity contribution < 1.29 is 4.39 Å². The van der Waals surface area contributed by atoms with Crippen LogP contribution >= 0.6 is 15.9 Å². The smallest absolute Gasteiger partial charge is 0.139 e. The summed E-state index contributed by atoms with van der Waals surface area (Å²) in [6.07, 6.45) is 2.34. The van der Waals surface area contributed by atoms with Crippen LogP contribution in [0.25, 0.3) is 0 Å². The van der Waals surface area contributed by atoms with Gasteiger partial charge in [0, 0.05) is 30.9 Å². The minimum Gasteiger partial charge on any atom is -0.366 e. The van der Waals surface area contributed by atoms with Crippen LogP contribution in [-0.4, -0.2) is 25.2 Å². The lowest BCUT2D eigenvalue weighted by atomic mass is 10.1. The molecule has 0 radical (unpaired) electrons. The van der Waals surface area contributed by atoms with Crippen molar-refractivity contribution in [3.63, 3.8) is 0 Å². The van der Waals surface area contributed by atoms with Crippen molar-refractivity contribution in [2.75, 3.05) is 18.0 Å². The van der Waals surface area contributed by atoms with Gasteiger partial charge < -0.3 is 10.2 Å². The molecule has 0 spiro atoms. The van der Waals surface area contributed by atoms with Gasteiger partial charge in [0.15, 0.2) is 0 Å². The summed E-state index contributed by atoms with van der Waals surface area (Å²) >= 11 is 3.20. The predicted octanol–water partition coefficient (Wildman–Crippen LogP) is 3.56. The Hall–Kier alpha value is -0.610. The van der Waals surface area contributed by atoms with E-state index in [1.54, 1.807) is 12.1 Å². The van der Waals surface area contributed by atoms with Crippen molar-refractivity contribution in [3.05, 3.63) is 28.5 Å². The summed E-state index contributed by atoms with van der Waals surface area (Å²) in [5.74, 6) is -0.190. The highest BCUT2D eigenvalue weighted by atomic mass is 79.9. The molecule has 18 heavy (non-hydrogen) atoms. The maximum Gasteiger partial charge on any atom is 0.139 e. The van der Waals surface area contributed by atoms with Gasteiger partial charge in [0.2, 0.25) is 0 Å². The van der Waals surface area contributed by atoms with Gasteiger partial charge >= 0.3 is 0 Å². The number of piperazine rings is 1. The number of anilines is 1. The van der Waals surface area contributed by atoms with Crippen LogP contribution in [0.2, 0.25) is 0 Å². The molecule has 1 fully saturated rings. The van der Waals surface area contributed by atoms with Gasteiger partial charge in [-0.3, -0.25) is 0 Å². The molecule has 0 amide bonds. The first-order valence-electron chi connectivity index (χ1n) is 6.57. The minimum absolute atomic E-state index is 0.190. The molecular formula is C14H20BrFN2. The van der Waals surface area contributed by atoms with E-state index in [4.69, 9.17) is 0 Å². The van der Waals surface area contributed by atoms with Gasteiger partial charge in [0.25, 0.3) is 0 Å². The van der Waals surface area contributed by atoms with E-state index in [9.17, 15) is 4.39 Å². The molecular weight excluding hydrogens is 295 g/mol. The zero-order valence-electron chi connectivity index (χ0n) is 10.9. The van der Waals surface area contributed by atoms with E-state index in [1.165, 1.54) is 12.8 Å². The second kappa shape index (κ2) is 6.02. The van der Waals surface area contributed by atoms with Crippen molar-refractivity contribution in [1.82, 2.24) is 5.32 Å². The Balaban J connectivity index is 2.16. The quantitative estimate of drug-likeness (QED) is 0.917. The van der Waals surface area contributed by atoms with Crippen LogP contribution in [0.15, 0.2) is 22.7 Å². The molecule has 0 saturated carbocycles. The average Bonchev–Trinajstić information content (AvgIpc) is 2.35. The fourth-order valence-electron chi connectivity index (χ4n) is 2.49. The molecule has 0 aromatic heterocycles. The standard InChI is InChI=1S/C14H20BrFN2/c1-3-4-11-9-18(10(2)8-17-11)12-5-6-13(15)14(16)7-12/h5-7,10-11,17H,3-4,8-9H2,1-2H3. The Labute approximate surface area is 117 Å². The van der Waals surface area contributed by atoms with Crippen LogP contribution in [-0.2, 0) is 0 Å². The molecule has 0 bridgehead atoms. The molecule has 1 saturated heterocycles. The second-order valence-electron chi connectivity index (χ2n) is 4.99. The maximum absolute atomic E-state index is 13.6. The SMILES string of the molecule is CCCC1CN(c2ccc(Br)c(F)c2)C(C)CN1. The van der Waals surface area contributed by atoms with Crippen molar-refractivity contribution in [2.45, 2.75) is 38.8 Å². The van der Waals surface area contributed by atoms with Gasteiger partial charge in [-0.2, -0.15) is 0 Å². The summed E-state index contributed by atoms with van der Waals surface area (Å²) in [5, 5.41) is 3.55. The Morgan fingerprint density at radius 1 is 1.50 bits per heavy atom. The number of nitrogens with one attached hydrogen (secondary N) is 1. The molecule has 1 aromatic rings. The highest BCUT2D eigenvalue weighted by Crippen LogP contribution is 2.25. The molecule has 2 rings (SSSR count). The van der Waals surface area contributed by atoms with E-state index in [0.29, 0.717) is 16.6 Å². The molecule has 1 aromatic carbocycles. The Kier molecular flexibility index (Phi) is 4.62. The molecule has 2 nitrogen and oxygen atoms in total. The number of hydrogen-bond donors (Lipinski definition) is 1. The van der Waals surface area contributed by atoms with Crippen LogP contribution in [0.3, 0.4) is 0 Å². The third-order valence-corrected chi connectivity index (χ3v) is 4.17. The summed E-state index contributed by atoms with van der Waals surface area (Å²) < 4.78 is 14.1. The normalized spacial score (nSPS) is 24.3. The minimum atomic E-state index is -0.190. The maximum atomic E-state index is 13.6. The van der Waals surface area contributed by atoms with E-state index >= 15 is 0 Å². The van der Waals surface area contributed by atoms with Crippen LogP contribution in [0.4, 0.5) is 10.1 Å². The van der Waals surface area contributed by atoms with Gasteiger partial charge in [-0.1, -0.05) is 13.3 Å². The topological polar surface area (TPSA) is 15.3 Å². The van der Waals surface area contributed by atoms with Crippen LogP contribution < -0.4 is 10.2 Å². The lowest BCUT2D eigenvalue weighted by Crippen LogP contribution is -2.55. The highest BCUT2D eigenvalue weighted by molar-refractivity contribution is 9.10. The number of rotatable bonds is 3. The van der Waals surface area contributed by atoms with Crippen molar-refractivity contribution in [1.29, 1.82) is 0 Å². The average molecular weight is 315 g/mol. The molecule has 1 heterocycles. The van der Waals surface area contributed by atoms with Gasteiger partial charge in [-0.15, -0.1) is 0 Å². The largest absolute Gasteiger partial charge is 0.366 e. The second-order valence-corrected chi connectivity index (χ2v) is 5.85. The lowest BCUT2D eigenvalue weighted by Gasteiger charge is -2.40. The van der Waals surface area contributed by atoms with Crippen molar-refractivity contribution in [3.8, 4) is 0 Å². The van der Waals surface area contributed by atoms with E-state index < -0.39 is 0 Å². The lowest BCUT2D eigenvalue weighted by molar-refractivity contribution is 0.386. The van der Waals surface area contributed by atoms with E-state index in [2.05, 4.69) is 40.0 Å². The fourth-order valence-corrected chi connectivity index (χ4v) is 2.74. The van der Waals surface area contributed by atoms with E-state index in [0.717, 1.165) is 18.8 Å². The third kappa shape index (κ3) is 3.04. The number of benzene rings is 1. The van der Waals surface area contributed by atoms with Crippen LogP contribution in [0.1, 0.15) is 26.7 Å². The zero-order chi connectivity index (χ0) is 13.1. The summed E-state index contributed by atoms with van der Waals surface area (Å²) in [5.41, 5.74) is 0.978. The summed E-state index contributed by atoms with van der Waals surface area (Å²) in [7, 11) is 0. The van der Waals surface area contributed by atoms with E-state index in [1.807, 2.05) is 6.07 Å². The molecule has 2 unspecified atom stereocenters. The van der Waals surface area contributed by atoms with Gasteiger partial charge in [0.05, 0.1) is 4.47 Å². The van der Waals surface area contributed by atoms with E-state index in [-0.39, 0.29) is 5.82 Å². The molecule has 1 aliphatic heterocycles. The van der Waals surface area contributed by atoms with Crippen molar-refractivity contribution >= 4 is 21.6 Å². The Morgan fingerprint density at radius 3 is 2.94 bits per heavy atom. The monoisotopic (exact) mass is 314 g/mol. The van der Waals surface area contributed by atoms with Crippen molar-refractivity contribution in [2.24, 2.45) is 0 Å². The summed E-state index contributed by atoms with van der Waals surface area (Å²) in [6, 6.07) is 6.30. The Morgan fingerprint density at radius 2 is 2.28 bits per heavy atom. The number of hydrogen-bond acceptors (Lipinski definition) is 2. The molecule has 0 aliphatic carbocycles. The predicted molar refractivity (Wildman–Crippen MR) is 77.6 cm³/mol. The fraction of sp³-hybridized carbons (Fsp3) is 0.571. The third-order valence-electron chi connectivity index (χ3n) is 3.52. The van der Waals surface area contributed by atoms with Gasteiger partial charge in [-0.25, -0.2) is 4.39 Å². The van der Waals surface area contributed by atoms with Gasteiger partial charge in [-0.05, 0) is 47.5 Å². The summed E-state index contributed by atoms with van der Waals surface area (Å²) in [6.45, 7) is 6.29. The first-order chi connectivity index (χ1) is 8.61. The highest BCUT2D eigenvalue weighted by Gasteiger charge is 2.24. The Bertz CT molecular complexity index is 411. The molecule has 100 valence electrons. The van der Waals surface area contributed by atoms with Crippen LogP contribution in [0, 0.1) is 5.82 Å². The van der Waals surface area contributed by atoms with Crippen LogP contribution in [0.5, 0.6) is 0 Å². The number of nitrogens with zero attached hydrogens (tertiary/aromatic N) is 1. The number of halogens is 2. The molecule has 2 atom stereocenters. The summed E-state index contributed by atoms with van der Waals surface area (Å²) in [4.78, 5) is 2.30.